The van der Waals surface area contributed by atoms with Crippen LogP contribution in [-0.2, 0) is 14.2 Å². The zero-order chi connectivity index (χ0) is 17.4. The summed E-state index contributed by atoms with van der Waals surface area (Å²) < 4.78 is 15.4. The van der Waals surface area contributed by atoms with E-state index in [2.05, 4.69) is 0 Å². The van der Waals surface area contributed by atoms with Crippen LogP contribution in [-0.4, -0.2) is 115 Å². The average Bonchev–Trinajstić information content (AvgIpc) is 2.80. The molecule has 0 aromatic heterocycles. The van der Waals surface area contributed by atoms with Crippen LogP contribution in [0.25, 0.3) is 0 Å². The molecule has 2 heterocycles. The topological polar surface area (TPSA) is 190 Å². The SMILES string of the molecule is OC[C@H]1O[C@@](CO)(O[13C@H]2O[13C@H]([13CH2]O)[13C@@H](O)[13C@H](O)[13C@H]2O)C(O)[C@H]1O. The normalized spacial score (nSPS) is 51.1. The molecule has 0 saturated carbocycles. The quantitative estimate of drug-likeness (QED) is 0.221. The van der Waals surface area contributed by atoms with Crippen molar-refractivity contribution in [3.8, 4) is 0 Å². The maximum atomic E-state index is 10.00. The summed E-state index contributed by atoms with van der Waals surface area (Å²) in [5, 5.41) is 76.7. The van der Waals surface area contributed by atoms with E-state index in [9.17, 15) is 30.6 Å². The molecule has 0 bridgehead atoms. The van der Waals surface area contributed by atoms with E-state index in [1.54, 1.807) is 0 Å². The van der Waals surface area contributed by atoms with Crippen molar-refractivity contribution in [3.63, 3.8) is 0 Å². The Morgan fingerprint density at radius 1 is 0.783 bits per heavy atom. The summed E-state index contributed by atoms with van der Waals surface area (Å²) in [6, 6.07) is 0. The Morgan fingerprint density at radius 2 is 1.39 bits per heavy atom. The Morgan fingerprint density at radius 3 is 1.87 bits per heavy atom. The highest BCUT2D eigenvalue weighted by Crippen LogP contribution is 2.35. The zero-order valence-electron chi connectivity index (χ0n) is 12.0. The first-order valence-corrected chi connectivity index (χ1v) is 7.05. The number of aliphatic hydroxyl groups is 8. The predicted molar refractivity (Wildman–Crippen MR) is 68.6 cm³/mol. The van der Waals surface area contributed by atoms with Gasteiger partial charge in [-0.1, -0.05) is 0 Å². The van der Waals surface area contributed by atoms with Gasteiger partial charge < -0.3 is 55.1 Å². The summed E-state index contributed by atoms with van der Waals surface area (Å²) in [5.41, 5.74) is 0. The van der Waals surface area contributed by atoms with Gasteiger partial charge in [0.25, 0.3) is 0 Å². The van der Waals surface area contributed by atoms with Crippen LogP contribution in [0.15, 0.2) is 0 Å². The third kappa shape index (κ3) is 3.23. The number of aliphatic hydroxyl groups excluding tert-OH is 8. The number of rotatable bonds is 5. The molecule has 23 heavy (non-hydrogen) atoms. The highest BCUT2D eigenvalue weighted by atomic mass is 16.9. The lowest BCUT2D eigenvalue weighted by Crippen LogP contribution is -2.62. The second kappa shape index (κ2) is 7.21. The van der Waals surface area contributed by atoms with Crippen LogP contribution in [0.2, 0.25) is 0 Å². The molecule has 2 aliphatic heterocycles. The molecular formula is C12H22O11. The van der Waals surface area contributed by atoms with Crippen LogP contribution >= 0.6 is 0 Å². The van der Waals surface area contributed by atoms with Gasteiger partial charge in [-0.3, -0.25) is 0 Å². The van der Waals surface area contributed by atoms with Crippen molar-refractivity contribution in [2.75, 3.05) is 19.8 Å². The number of ether oxygens (including phenoxy) is 3. The largest absolute Gasteiger partial charge is 0.394 e. The van der Waals surface area contributed by atoms with Crippen LogP contribution in [0.3, 0.4) is 0 Å². The first-order chi connectivity index (χ1) is 10.8. The van der Waals surface area contributed by atoms with E-state index < -0.39 is 74.6 Å². The Balaban J connectivity index is 2.18. The lowest BCUT2D eigenvalue weighted by atomic mass is 10.1. The number of hydrogen-bond acceptors (Lipinski definition) is 11. The summed E-state index contributed by atoms with van der Waals surface area (Å²) in [6.45, 7) is -2.32. The van der Waals surface area contributed by atoms with Crippen molar-refractivity contribution in [3.05, 3.63) is 0 Å². The summed E-state index contributed by atoms with van der Waals surface area (Å²) in [4.78, 5) is 0. The highest BCUT2D eigenvalue weighted by Gasteiger charge is 2.58. The molecule has 0 aromatic rings. The third-order valence-corrected chi connectivity index (χ3v) is 4.07. The van der Waals surface area contributed by atoms with E-state index in [-0.39, 0.29) is 0 Å². The predicted octanol–water partition coefficient (Wildman–Crippen LogP) is -5.40. The van der Waals surface area contributed by atoms with Crippen LogP contribution < -0.4 is 0 Å². The molecule has 8 N–H and O–H groups in total. The van der Waals surface area contributed by atoms with E-state index in [1.807, 2.05) is 0 Å². The molecule has 2 aliphatic rings. The Bertz CT molecular complexity index is 393. The van der Waals surface area contributed by atoms with Crippen molar-refractivity contribution < 1.29 is 55.1 Å². The molecule has 0 radical (unpaired) electrons. The standard InChI is InChI=1S/C12H22O11/c13-1-4-6(16)8(18)9(19)11(21-4)23-12(3-15)10(20)7(17)5(2-14)22-12/h4-11,13-20H,1-3H2/t4-,5-,6-,7+,8+,9-,10?,11-,12+/m1/s1/i1+1,4+1,6+1,8+1,9+1,11+1. The number of hydrogen-bond donors (Lipinski definition) is 8. The van der Waals surface area contributed by atoms with Crippen molar-refractivity contribution in [2.24, 2.45) is 0 Å². The molecule has 0 aromatic carbocycles. The fraction of sp³-hybridized carbons (Fsp3) is 1.00. The molecule has 1 unspecified atom stereocenters. The van der Waals surface area contributed by atoms with Crippen molar-refractivity contribution >= 4 is 0 Å². The average molecular weight is 348 g/mol. The molecule has 11 nitrogen and oxygen atoms in total. The fourth-order valence-corrected chi connectivity index (χ4v) is 2.63. The van der Waals surface area contributed by atoms with Gasteiger partial charge in [-0.2, -0.15) is 0 Å². The van der Waals surface area contributed by atoms with Crippen molar-refractivity contribution in [2.45, 2.75) is 54.8 Å². The highest BCUT2D eigenvalue weighted by molar-refractivity contribution is 4.98. The monoisotopic (exact) mass is 348 g/mol. The molecule has 2 fully saturated rings. The van der Waals surface area contributed by atoms with E-state index in [0.29, 0.717) is 0 Å². The molecule has 2 rings (SSSR count). The molecule has 11 heteroatoms. The minimum absolute atomic E-state index is 0.669. The van der Waals surface area contributed by atoms with Gasteiger partial charge in [0.2, 0.25) is 5.79 Å². The molecule has 0 aliphatic carbocycles. The van der Waals surface area contributed by atoms with E-state index >= 15 is 0 Å². The smallest absolute Gasteiger partial charge is 0.224 e. The Labute approximate surface area is 130 Å². The summed E-state index contributed by atoms with van der Waals surface area (Å²) in [6.07, 6.45) is -12.7. The fourth-order valence-electron chi connectivity index (χ4n) is 2.63. The maximum absolute atomic E-state index is 10.00. The molecule has 9 atom stereocenters. The maximum Gasteiger partial charge on any atom is 0.224 e. The van der Waals surface area contributed by atoms with Crippen molar-refractivity contribution in [1.29, 1.82) is 0 Å². The third-order valence-electron chi connectivity index (χ3n) is 4.07. The van der Waals surface area contributed by atoms with Gasteiger partial charge in [-0.05, 0) is 0 Å². The molecule has 2 saturated heterocycles. The van der Waals surface area contributed by atoms with Crippen LogP contribution in [0.1, 0.15) is 0 Å². The molecule has 136 valence electrons. The minimum atomic E-state index is -2.22. The van der Waals surface area contributed by atoms with Gasteiger partial charge in [0, 0.05) is 0 Å². The van der Waals surface area contributed by atoms with Crippen LogP contribution in [0, 0.1) is 0 Å². The van der Waals surface area contributed by atoms with Gasteiger partial charge in [-0.25, -0.2) is 0 Å². The summed E-state index contributed by atoms with van der Waals surface area (Å²) >= 11 is 0. The van der Waals surface area contributed by atoms with Gasteiger partial charge in [-0.15, -0.1) is 0 Å². The van der Waals surface area contributed by atoms with Crippen LogP contribution in [0.5, 0.6) is 0 Å². The second-order valence-electron chi connectivity index (χ2n) is 5.56. The zero-order valence-corrected chi connectivity index (χ0v) is 12.0. The first kappa shape index (κ1) is 18.9. The van der Waals surface area contributed by atoms with Gasteiger partial charge >= 0.3 is 0 Å². The van der Waals surface area contributed by atoms with Crippen molar-refractivity contribution in [1.82, 2.24) is 0 Å². The van der Waals surface area contributed by atoms with Gasteiger partial charge in [0.05, 0.1) is 13.2 Å². The minimum Gasteiger partial charge on any atom is -0.394 e. The van der Waals surface area contributed by atoms with Crippen LogP contribution in [0.4, 0.5) is 0 Å². The summed E-state index contributed by atoms with van der Waals surface area (Å²) in [7, 11) is 0. The lowest BCUT2D eigenvalue weighted by molar-refractivity contribution is -0.383. The molecular weight excluding hydrogens is 326 g/mol. The second-order valence-corrected chi connectivity index (χ2v) is 5.56. The lowest BCUT2D eigenvalue weighted by Gasteiger charge is -2.43. The van der Waals surface area contributed by atoms with E-state index in [1.165, 1.54) is 0 Å². The van der Waals surface area contributed by atoms with E-state index in [0.717, 1.165) is 0 Å². The Hall–Kier alpha value is -0.440. The first-order valence-electron chi connectivity index (χ1n) is 7.05. The molecule has 0 amide bonds. The Kier molecular flexibility index (Phi) is 5.92. The summed E-state index contributed by atoms with van der Waals surface area (Å²) in [5.74, 6) is -2.22. The molecule has 0 spiro atoms. The van der Waals surface area contributed by atoms with Gasteiger partial charge in [0.15, 0.2) is 6.29 Å². The van der Waals surface area contributed by atoms with Gasteiger partial charge in [0.1, 0.15) is 49.3 Å². The van der Waals surface area contributed by atoms with E-state index in [4.69, 9.17) is 24.4 Å².